The number of benzene rings is 3. The molecule has 0 unspecified atom stereocenters. The van der Waals surface area contributed by atoms with Crippen LogP contribution in [0, 0.1) is 0 Å². The Kier molecular flexibility index (Phi) is 6.05. The van der Waals surface area contributed by atoms with E-state index in [4.69, 9.17) is 4.74 Å². The summed E-state index contributed by atoms with van der Waals surface area (Å²) >= 11 is 0. The van der Waals surface area contributed by atoms with Crippen molar-refractivity contribution in [1.29, 1.82) is 0 Å². The highest BCUT2D eigenvalue weighted by molar-refractivity contribution is 5.91. The molecule has 5 heteroatoms. The molecule has 0 aliphatic rings. The number of carbonyl (C=O) groups is 2. The largest absolute Gasteiger partial charge is 0.483 e. The van der Waals surface area contributed by atoms with Crippen LogP contribution in [-0.2, 0) is 22.4 Å². The Morgan fingerprint density at radius 2 is 1.48 bits per heavy atom. The number of hydrogen-bond acceptors (Lipinski definition) is 3. The van der Waals surface area contributed by atoms with Gasteiger partial charge in [0.15, 0.2) is 6.61 Å². The molecule has 0 spiro atoms. The fourth-order valence-corrected chi connectivity index (χ4v) is 2.92. The maximum Gasteiger partial charge on any atom is 0.276 e. The number of hydrazine groups is 1. The Bertz CT molecular complexity index is 948. The van der Waals surface area contributed by atoms with Crippen LogP contribution in [0.2, 0.25) is 0 Å². The highest BCUT2D eigenvalue weighted by Gasteiger charge is 2.09. The van der Waals surface area contributed by atoms with Crippen molar-refractivity contribution in [2.75, 3.05) is 6.61 Å². The molecule has 0 saturated carbocycles. The summed E-state index contributed by atoms with van der Waals surface area (Å²) in [5.74, 6) is -0.0157. The van der Waals surface area contributed by atoms with Gasteiger partial charge in [0.1, 0.15) is 5.75 Å². The van der Waals surface area contributed by atoms with Gasteiger partial charge in [0.05, 0.1) is 6.42 Å². The topological polar surface area (TPSA) is 67.4 Å². The molecule has 0 heterocycles. The molecule has 0 radical (unpaired) electrons. The molecule has 138 valence electrons. The number of amides is 2. The van der Waals surface area contributed by atoms with Gasteiger partial charge in [-0.3, -0.25) is 20.4 Å². The zero-order valence-corrected chi connectivity index (χ0v) is 15.2. The molecule has 0 fully saturated rings. The molecule has 0 saturated heterocycles. The molecule has 3 rings (SSSR count). The molecule has 0 aliphatic heterocycles. The van der Waals surface area contributed by atoms with Crippen molar-refractivity contribution in [2.24, 2.45) is 0 Å². The molecule has 0 aliphatic carbocycles. The number of aryl methyl sites for hydroxylation is 1. The Morgan fingerprint density at radius 3 is 2.33 bits per heavy atom. The van der Waals surface area contributed by atoms with Gasteiger partial charge >= 0.3 is 0 Å². The van der Waals surface area contributed by atoms with Crippen LogP contribution in [0.1, 0.15) is 18.1 Å². The summed E-state index contributed by atoms with van der Waals surface area (Å²) in [6.45, 7) is 1.86. The van der Waals surface area contributed by atoms with Crippen molar-refractivity contribution < 1.29 is 14.3 Å². The number of nitrogens with one attached hydrogen (secondary N) is 2. The Balaban J connectivity index is 1.50. The van der Waals surface area contributed by atoms with E-state index in [-0.39, 0.29) is 18.9 Å². The lowest BCUT2D eigenvalue weighted by atomic mass is 10.0. The molecule has 0 bridgehead atoms. The lowest BCUT2D eigenvalue weighted by molar-refractivity contribution is -0.129. The fourth-order valence-electron chi connectivity index (χ4n) is 2.92. The zero-order valence-electron chi connectivity index (χ0n) is 15.2. The summed E-state index contributed by atoms with van der Waals surface area (Å²) in [6.07, 6.45) is 1.00. The third-order valence-corrected chi connectivity index (χ3v) is 4.28. The monoisotopic (exact) mass is 362 g/mol. The van der Waals surface area contributed by atoms with Crippen LogP contribution in [0.3, 0.4) is 0 Å². The normalized spacial score (nSPS) is 10.4. The third-order valence-electron chi connectivity index (χ3n) is 4.28. The summed E-state index contributed by atoms with van der Waals surface area (Å²) in [5.41, 5.74) is 6.78. The molecule has 2 N–H and O–H groups in total. The highest BCUT2D eigenvalue weighted by atomic mass is 16.5. The van der Waals surface area contributed by atoms with E-state index in [1.807, 2.05) is 73.7 Å². The average Bonchev–Trinajstić information content (AvgIpc) is 2.71. The molecule has 2 amide bonds. The molecule has 3 aromatic carbocycles. The van der Waals surface area contributed by atoms with Crippen molar-refractivity contribution in [1.82, 2.24) is 10.9 Å². The van der Waals surface area contributed by atoms with E-state index >= 15 is 0 Å². The minimum absolute atomic E-state index is 0.161. The van der Waals surface area contributed by atoms with Gasteiger partial charge in [-0.05, 0) is 34.4 Å². The maximum absolute atomic E-state index is 12.2. The molecule has 3 aromatic rings. The van der Waals surface area contributed by atoms with E-state index in [9.17, 15) is 9.59 Å². The van der Waals surface area contributed by atoms with Crippen LogP contribution >= 0.6 is 0 Å². The minimum atomic E-state index is -0.410. The number of fused-ring (bicyclic) bond motifs is 1. The summed E-state index contributed by atoms with van der Waals surface area (Å²) in [6, 6.07) is 21.3. The van der Waals surface area contributed by atoms with E-state index in [0.717, 1.165) is 28.3 Å². The summed E-state index contributed by atoms with van der Waals surface area (Å²) in [4.78, 5) is 24.1. The van der Waals surface area contributed by atoms with E-state index in [0.29, 0.717) is 5.75 Å². The van der Waals surface area contributed by atoms with E-state index in [1.54, 1.807) is 0 Å². The van der Waals surface area contributed by atoms with Crippen molar-refractivity contribution in [2.45, 2.75) is 19.8 Å². The first-order valence-corrected chi connectivity index (χ1v) is 8.92. The van der Waals surface area contributed by atoms with Gasteiger partial charge < -0.3 is 4.74 Å². The van der Waals surface area contributed by atoms with Gasteiger partial charge in [0.25, 0.3) is 5.91 Å². The number of rotatable bonds is 6. The van der Waals surface area contributed by atoms with E-state index < -0.39 is 5.91 Å². The van der Waals surface area contributed by atoms with Gasteiger partial charge in [-0.2, -0.15) is 0 Å². The predicted molar refractivity (Wildman–Crippen MR) is 105 cm³/mol. The van der Waals surface area contributed by atoms with Crippen LogP contribution in [0.5, 0.6) is 5.75 Å². The van der Waals surface area contributed by atoms with Gasteiger partial charge in [0, 0.05) is 0 Å². The Morgan fingerprint density at radius 1 is 0.815 bits per heavy atom. The number of ether oxygens (including phenoxy) is 1. The standard InChI is InChI=1S/C22H22N2O3/c1-2-16-8-4-6-13-20(16)27-15-22(26)24-23-21(25)14-18-11-7-10-17-9-3-5-12-19(17)18/h3-13H,2,14-15H2,1H3,(H,23,25)(H,24,26). The lowest BCUT2D eigenvalue weighted by Crippen LogP contribution is -2.44. The van der Waals surface area contributed by atoms with Crippen molar-refractivity contribution in [3.05, 3.63) is 77.9 Å². The van der Waals surface area contributed by atoms with Crippen LogP contribution in [0.4, 0.5) is 0 Å². The van der Waals surface area contributed by atoms with Crippen LogP contribution < -0.4 is 15.6 Å². The quantitative estimate of drug-likeness (QED) is 0.662. The summed E-state index contributed by atoms with van der Waals surface area (Å²) < 4.78 is 5.53. The van der Waals surface area contributed by atoms with E-state index in [1.165, 1.54) is 0 Å². The van der Waals surface area contributed by atoms with Crippen LogP contribution in [0.15, 0.2) is 66.7 Å². The van der Waals surface area contributed by atoms with Gasteiger partial charge in [-0.1, -0.05) is 67.6 Å². The van der Waals surface area contributed by atoms with Crippen LogP contribution in [-0.4, -0.2) is 18.4 Å². The molecule has 27 heavy (non-hydrogen) atoms. The van der Waals surface area contributed by atoms with Gasteiger partial charge in [-0.25, -0.2) is 0 Å². The number of hydrogen-bond donors (Lipinski definition) is 2. The highest BCUT2D eigenvalue weighted by Crippen LogP contribution is 2.19. The van der Waals surface area contributed by atoms with E-state index in [2.05, 4.69) is 10.9 Å². The first-order chi connectivity index (χ1) is 13.2. The summed E-state index contributed by atoms with van der Waals surface area (Å²) in [7, 11) is 0. The second-order valence-electron chi connectivity index (χ2n) is 6.16. The number of carbonyl (C=O) groups excluding carboxylic acids is 2. The predicted octanol–water partition coefficient (Wildman–Crippen LogP) is 3.17. The first kappa shape index (κ1) is 18.5. The maximum atomic E-state index is 12.2. The average molecular weight is 362 g/mol. The third kappa shape index (κ3) is 4.85. The fraction of sp³-hybridized carbons (Fsp3) is 0.182. The van der Waals surface area contributed by atoms with Crippen molar-refractivity contribution in [3.8, 4) is 5.75 Å². The second kappa shape index (κ2) is 8.85. The molecular formula is C22H22N2O3. The number of para-hydroxylation sites is 1. The second-order valence-corrected chi connectivity index (χ2v) is 6.16. The summed E-state index contributed by atoms with van der Waals surface area (Å²) in [5, 5.41) is 2.11. The van der Waals surface area contributed by atoms with Crippen molar-refractivity contribution in [3.63, 3.8) is 0 Å². The molecule has 0 aromatic heterocycles. The van der Waals surface area contributed by atoms with Crippen LogP contribution in [0.25, 0.3) is 10.8 Å². The van der Waals surface area contributed by atoms with Crippen molar-refractivity contribution >= 4 is 22.6 Å². The SMILES string of the molecule is CCc1ccccc1OCC(=O)NNC(=O)Cc1cccc2ccccc12. The molecule has 0 atom stereocenters. The van der Waals surface area contributed by atoms with Gasteiger partial charge in [0.2, 0.25) is 5.91 Å². The minimum Gasteiger partial charge on any atom is -0.483 e. The molecular weight excluding hydrogens is 340 g/mol. The molecule has 5 nitrogen and oxygen atoms in total. The Labute approximate surface area is 158 Å². The lowest BCUT2D eigenvalue weighted by Gasteiger charge is -2.11. The first-order valence-electron chi connectivity index (χ1n) is 8.92. The Hall–Kier alpha value is -3.34. The zero-order chi connectivity index (χ0) is 19.1. The van der Waals surface area contributed by atoms with Gasteiger partial charge in [-0.15, -0.1) is 0 Å². The smallest absolute Gasteiger partial charge is 0.276 e.